The molecule has 1 atom stereocenters. The average molecular weight is 441 g/mol. The summed E-state index contributed by atoms with van der Waals surface area (Å²) in [7, 11) is 0. The Labute approximate surface area is 190 Å². The third-order valence-electron chi connectivity index (χ3n) is 4.82. The Morgan fingerprint density at radius 3 is 2.35 bits per heavy atom. The molecule has 0 radical (unpaired) electrons. The van der Waals surface area contributed by atoms with E-state index in [1.165, 1.54) is 17.3 Å². The van der Waals surface area contributed by atoms with E-state index in [4.69, 9.17) is 4.74 Å². The van der Waals surface area contributed by atoms with Crippen LogP contribution >= 0.6 is 11.8 Å². The molecule has 0 fully saturated rings. The van der Waals surface area contributed by atoms with Crippen LogP contribution < -0.4 is 4.74 Å². The maximum atomic E-state index is 11.7. The first-order valence-electron chi connectivity index (χ1n) is 10.4. The lowest BCUT2D eigenvalue weighted by molar-refractivity contribution is -0.120. The number of hydrogen-bond donors (Lipinski definition) is 0. The van der Waals surface area contributed by atoms with Gasteiger partial charge in [-0.1, -0.05) is 55.9 Å². The molecule has 31 heavy (non-hydrogen) atoms. The zero-order valence-corrected chi connectivity index (χ0v) is 19.9. The topological polar surface area (TPSA) is 60.4 Å². The molecule has 0 bridgehead atoms. The molecule has 4 nitrogen and oxygen atoms in total. The van der Waals surface area contributed by atoms with Gasteiger partial charge in [0.15, 0.2) is 10.9 Å². The Morgan fingerprint density at radius 2 is 1.81 bits per heavy atom. The maximum Gasteiger partial charge on any atom is 0.160 e. The van der Waals surface area contributed by atoms with Crippen molar-refractivity contribution in [1.29, 1.82) is 0 Å². The van der Waals surface area contributed by atoms with Crippen molar-refractivity contribution in [3.8, 4) is 5.75 Å². The van der Waals surface area contributed by atoms with Crippen LogP contribution in [0, 0.1) is 12.8 Å². The second kappa shape index (κ2) is 13.6. The number of carbonyl (C=O) groups is 3. The van der Waals surface area contributed by atoms with Gasteiger partial charge in [-0.2, -0.15) is 0 Å². The highest BCUT2D eigenvalue weighted by Crippen LogP contribution is 2.32. The van der Waals surface area contributed by atoms with Crippen LogP contribution in [0.3, 0.4) is 0 Å². The summed E-state index contributed by atoms with van der Waals surface area (Å²) in [5.41, 5.74) is 2.83. The highest BCUT2D eigenvalue weighted by Gasteiger charge is 2.13. The molecule has 1 unspecified atom stereocenters. The molecule has 166 valence electrons. The van der Waals surface area contributed by atoms with E-state index in [1.54, 1.807) is 13.8 Å². The summed E-state index contributed by atoms with van der Waals surface area (Å²) in [6.45, 7) is 13.0. The molecule has 0 spiro atoms. The highest BCUT2D eigenvalue weighted by atomic mass is 32.2. The van der Waals surface area contributed by atoms with E-state index in [1.807, 2.05) is 50.2 Å². The van der Waals surface area contributed by atoms with Crippen LogP contribution in [0.5, 0.6) is 5.75 Å². The fourth-order valence-electron chi connectivity index (χ4n) is 2.81. The molecule has 0 saturated heterocycles. The summed E-state index contributed by atoms with van der Waals surface area (Å²) in [5.74, 6) is 0.979. The summed E-state index contributed by atoms with van der Waals surface area (Å²) >= 11 is 1.50. The number of benzene rings is 2. The van der Waals surface area contributed by atoms with Crippen LogP contribution in [-0.2, 0) is 16.0 Å². The minimum absolute atomic E-state index is 0.0511. The Bertz CT molecular complexity index is 917. The Morgan fingerprint density at radius 1 is 1.13 bits per heavy atom. The van der Waals surface area contributed by atoms with E-state index in [-0.39, 0.29) is 17.5 Å². The highest BCUT2D eigenvalue weighted by molar-refractivity contribution is 8.03. The molecule has 0 aliphatic rings. The van der Waals surface area contributed by atoms with Gasteiger partial charge in [0.05, 0.1) is 0 Å². The van der Waals surface area contributed by atoms with E-state index in [2.05, 4.69) is 19.6 Å². The molecule has 5 heteroatoms. The van der Waals surface area contributed by atoms with Gasteiger partial charge in [0.25, 0.3) is 0 Å². The van der Waals surface area contributed by atoms with E-state index >= 15 is 0 Å². The van der Waals surface area contributed by atoms with Crippen molar-refractivity contribution in [2.75, 3.05) is 0 Å². The van der Waals surface area contributed by atoms with E-state index in [0.717, 1.165) is 23.2 Å². The predicted octanol–water partition coefficient (Wildman–Crippen LogP) is 6.59. The number of Topliss-reactive ketones (excluding diaryl/α,β-unsaturated/α-hetero) is 2. The van der Waals surface area contributed by atoms with Crippen LogP contribution in [0.25, 0.3) is 0 Å². The molecule has 2 rings (SSSR count). The molecule has 0 N–H and O–H groups in total. The van der Waals surface area contributed by atoms with Crippen LogP contribution in [0.1, 0.15) is 62.0 Å². The second-order valence-corrected chi connectivity index (χ2v) is 8.39. The summed E-state index contributed by atoms with van der Waals surface area (Å²) in [6, 6.07) is 13.7. The van der Waals surface area contributed by atoms with E-state index < -0.39 is 0 Å². The van der Waals surface area contributed by atoms with Crippen molar-refractivity contribution in [1.82, 2.24) is 0 Å². The summed E-state index contributed by atoms with van der Waals surface area (Å²) in [4.78, 5) is 33.2. The summed E-state index contributed by atoms with van der Waals surface area (Å²) < 4.78 is 5.90. The lowest BCUT2D eigenvalue weighted by Gasteiger charge is -2.14. The number of ether oxygens (including phenoxy) is 1. The Kier molecular flexibility index (Phi) is 11.6. The predicted molar refractivity (Wildman–Crippen MR) is 128 cm³/mol. The van der Waals surface area contributed by atoms with E-state index in [9.17, 15) is 14.4 Å². The number of ketones is 2. The number of thioether (sulfide) groups is 1. The van der Waals surface area contributed by atoms with Gasteiger partial charge in [0, 0.05) is 28.4 Å². The first kappa shape index (κ1) is 26.4. The number of rotatable bonds is 10. The molecule has 0 aromatic heterocycles. The first-order valence-corrected chi connectivity index (χ1v) is 11.2. The van der Waals surface area contributed by atoms with Gasteiger partial charge in [-0.25, -0.2) is 0 Å². The molecule has 0 amide bonds. The van der Waals surface area contributed by atoms with Crippen molar-refractivity contribution in [2.24, 2.45) is 5.92 Å². The average Bonchev–Trinajstić information content (AvgIpc) is 2.73. The van der Waals surface area contributed by atoms with Crippen molar-refractivity contribution in [2.45, 2.75) is 58.8 Å². The number of carbonyl (C=O) groups excluding carboxylic acids is 3. The van der Waals surface area contributed by atoms with Gasteiger partial charge in [0.2, 0.25) is 0 Å². The lowest BCUT2D eigenvalue weighted by atomic mass is 10.0. The monoisotopic (exact) mass is 440 g/mol. The fraction of sp³-hybridized carbons (Fsp3) is 0.346. The number of aryl methyl sites for hydroxylation is 1. The zero-order valence-electron chi connectivity index (χ0n) is 19.1. The van der Waals surface area contributed by atoms with Gasteiger partial charge in [-0.15, -0.1) is 0 Å². The van der Waals surface area contributed by atoms with Gasteiger partial charge in [-0.3, -0.25) is 9.59 Å². The minimum Gasteiger partial charge on any atom is -0.450 e. The van der Waals surface area contributed by atoms with Gasteiger partial charge in [0.1, 0.15) is 17.8 Å². The third kappa shape index (κ3) is 8.93. The second-order valence-electron chi connectivity index (χ2n) is 7.29. The summed E-state index contributed by atoms with van der Waals surface area (Å²) in [6.07, 6.45) is 2.78. The number of aldehydes is 1. The van der Waals surface area contributed by atoms with Crippen LogP contribution in [0.4, 0.5) is 0 Å². The largest absolute Gasteiger partial charge is 0.450 e. The molecule has 0 heterocycles. The molecular weight excluding hydrogens is 408 g/mol. The molecular formula is C26H32O4S. The SMILES string of the molecule is C=C(Oc1cccc(C(C)=O)c1CC)Sc1ccccc1C.CC(=O)C(C)CCC=O. The summed E-state index contributed by atoms with van der Waals surface area (Å²) in [5, 5.41) is 0.602. The van der Waals surface area contributed by atoms with Crippen LogP contribution in [-0.4, -0.2) is 17.9 Å². The third-order valence-corrected chi connectivity index (χ3v) is 5.81. The standard InChI is InChI=1S/C19H20O2S.C7H12O2/c1-5-16-17(14(3)20)10-8-11-18(16)21-15(4)22-19-12-7-6-9-13(19)2;1-6(7(2)9)4-3-5-8/h6-12H,4-5H2,1-3H3;5-6H,3-4H2,1-2H3. The van der Waals surface area contributed by atoms with Gasteiger partial charge >= 0.3 is 0 Å². The van der Waals surface area contributed by atoms with Crippen LogP contribution in [0.2, 0.25) is 0 Å². The van der Waals surface area contributed by atoms with E-state index in [0.29, 0.717) is 29.2 Å². The molecule has 2 aromatic rings. The zero-order chi connectivity index (χ0) is 23.4. The van der Waals surface area contributed by atoms with Crippen molar-refractivity contribution in [3.05, 3.63) is 70.8 Å². The molecule has 0 aliphatic heterocycles. The quantitative estimate of drug-likeness (QED) is 0.180. The first-order chi connectivity index (χ1) is 14.7. The van der Waals surface area contributed by atoms with Gasteiger partial charge < -0.3 is 9.53 Å². The fourth-order valence-corrected chi connectivity index (χ4v) is 3.57. The van der Waals surface area contributed by atoms with Gasteiger partial charge in [-0.05, 0) is 57.9 Å². The molecule has 0 saturated carbocycles. The minimum atomic E-state index is 0.0511. The molecule has 2 aromatic carbocycles. The smallest absolute Gasteiger partial charge is 0.160 e. The maximum absolute atomic E-state index is 11.7. The van der Waals surface area contributed by atoms with Crippen molar-refractivity contribution in [3.63, 3.8) is 0 Å². The lowest BCUT2D eigenvalue weighted by Crippen LogP contribution is -2.05. The van der Waals surface area contributed by atoms with Crippen molar-refractivity contribution >= 4 is 29.6 Å². The van der Waals surface area contributed by atoms with Crippen molar-refractivity contribution < 1.29 is 19.1 Å². The Balaban J connectivity index is 0.000000452. The normalized spacial score (nSPS) is 11.0. The number of hydrogen-bond acceptors (Lipinski definition) is 5. The van der Waals surface area contributed by atoms with Crippen LogP contribution in [0.15, 0.2) is 59.0 Å². The Hall–Kier alpha value is -2.66. The molecule has 0 aliphatic carbocycles.